The van der Waals surface area contributed by atoms with Crippen molar-refractivity contribution in [1.82, 2.24) is 0 Å². The average molecular weight is 294 g/mol. The van der Waals surface area contributed by atoms with Gasteiger partial charge in [-0.25, -0.2) is 4.39 Å². The van der Waals surface area contributed by atoms with Crippen LogP contribution in [-0.2, 0) is 16.6 Å². The monoisotopic (exact) mass is 293 g/mol. The van der Waals surface area contributed by atoms with Crippen LogP contribution in [0.3, 0.4) is 0 Å². The maximum Gasteiger partial charge on any atom is 0.127 e. The van der Waals surface area contributed by atoms with Crippen LogP contribution >= 0.6 is 15.9 Å². The Morgan fingerprint density at radius 1 is 1.60 bits per heavy atom. The fourth-order valence-corrected chi connectivity index (χ4v) is 2.49. The minimum atomic E-state index is -1.12. The summed E-state index contributed by atoms with van der Waals surface area (Å²) >= 11 is 3.25. The zero-order chi connectivity index (χ0) is 11.4. The molecule has 1 aromatic rings. The Bertz CT molecular complexity index is 372. The van der Waals surface area contributed by atoms with E-state index in [-0.39, 0.29) is 16.8 Å². The molecule has 0 spiro atoms. The number of hydrogen-bond donors (Lipinski definition) is 1. The third-order valence-corrected chi connectivity index (χ3v) is 4.27. The molecule has 0 aliphatic heterocycles. The van der Waals surface area contributed by atoms with Crippen molar-refractivity contribution >= 4 is 26.7 Å². The Kier molecular flexibility index (Phi) is 4.89. The van der Waals surface area contributed by atoms with E-state index < -0.39 is 10.8 Å². The van der Waals surface area contributed by atoms with Gasteiger partial charge >= 0.3 is 0 Å². The fourth-order valence-electron chi connectivity index (χ4n) is 1.06. The number of benzene rings is 1. The van der Waals surface area contributed by atoms with E-state index in [1.807, 2.05) is 0 Å². The summed E-state index contributed by atoms with van der Waals surface area (Å²) in [5.74, 6) is -0.111. The Labute approximate surface area is 99.6 Å². The van der Waals surface area contributed by atoms with Gasteiger partial charge in [0.15, 0.2) is 0 Å². The highest BCUT2D eigenvalue weighted by Crippen LogP contribution is 2.17. The van der Waals surface area contributed by atoms with E-state index in [0.29, 0.717) is 12.1 Å². The molecule has 0 bridgehead atoms. The molecule has 1 rings (SSSR count). The predicted molar refractivity (Wildman–Crippen MR) is 64.5 cm³/mol. The molecule has 84 valence electrons. The molecule has 0 amide bonds. The van der Waals surface area contributed by atoms with Crippen LogP contribution in [0.25, 0.3) is 0 Å². The molecular formula is C10H13BrFNOS. The third kappa shape index (κ3) is 3.66. The van der Waals surface area contributed by atoms with Crippen molar-refractivity contribution in [3.63, 3.8) is 0 Å². The van der Waals surface area contributed by atoms with Gasteiger partial charge in [0.1, 0.15) is 5.82 Å². The van der Waals surface area contributed by atoms with Crippen molar-refractivity contribution in [2.24, 2.45) is 5.73 Å². The molecule has 0 fully saturated rings. The average Bonchev–Trinajstić information content (AvgIpc) is 2.22. The summed E-state index contributed by atoms with van der Waals surface area (Å²) in [7, 11) is -1.12. The summed E-state index contributed by atoms with van der Waals surface area (Å²) in [5, 5.41) is -0.108. The molecule has 2 atom stereocenters. The maximum absolute atomic E-state index is 13.3. The standard InChI is InChI=1S/C10H13BrFNOS/c1-7(5-13)15(14)6-8-4-9(11)2-3-10(8)12/h2-4,7H,5-6,13H2,1H3. The van der Waals surface area contributed by atoms with Gasteiger partial charge in [-0.05, 0) is 25.1 Å². The number of nitrogens with two attached hydrogens (primary N) is 1. The van der Waals surface area contributed by atoms with Crippen LogP contribution < -0.4 is 5.73 Å². The zero-order valence-corrected chi connectivity index (χ0v) is 10.8. The molecule has 0 aliphatic rings. The normalized spacial score (nSPS) is 14.9. The number of rotatable bonds is 4. The van der Waals surface area contributed by atoms with E-state index in [1.165, 1.54) is 6.07 Å². The second kappa shape index (κ2) is 5.72. The molecule has 5 heteroatoms. The SMILES string of the molecule is CC(CN)S(=O)Cc1cc(Br)ccc1F. The summed E-state index contributed by atoms with van der Waals surface area (Å²) in [6.45, 7) is 2.15. The smallest absolute Gasteiger partial charge is 0.127 e. The first-order chi connectivity index (χ1) is 7.04. The van der Waals surface area contributed by atoms with Crippen LogP contribution in [0.4, 0.5) is 4.39 Å². The van der Waals surface area contributed by atoms with E-state index in [9.17, 15) is 8.60 Å². The highest BCUT2D eigenvalue weighted by atomic mass is 79.9. The molecule has 1 aromatic carbocycles. The van der Waals surface area contributed by atoms with Crippen LogP contribution in [0.2, 0.25) is 0 Å². The molecule has 15 heavy (non-hydrogen) atoms. The van der Waals surface area contributed by atoms with E-state index in [4.69, 9.17) is 5.73 Å². The molecule has 0 radical (unpaired) electrons. The highest BCUT2D eigenvalue weighted by molar-refractivity contribution is 9.10. The molecule has 0 aliphatic carbocycles. The summed E-state index contributed by atoms with van der Waals surface area (Å²) < 4.78 is 25.8. The van der Waals surface area contributed by atoms with Gasteiger partial charge in [0.05, 0.1) is 5.75 Å². The Morgan fingerprint density at radius 2 is 2.27 bits per heavy atom. The zero-order valence-electron chi connectivity index (χ0n) is 8.37. The quantitative estimate of drug-likeness (QED) is 0.925. The van der Waals surface area contributed by atoms with Crippen molar-refractivity contribution in [3.8, 4) is 0 Å². The van der Waals surface area contributed by atoms with Gasteiger partial charge in [-0.2, -0.15) is 0 Å². The maximum atomic E-state index is 13.3. The molecule has 0 heterocycles. The summed E-state index contributed by atoms with van der Waals surface area (Å²) in [6.07, 6.45) is 0. The lowest BCUT2D eigenvalue weighted by atomic mass is 10.2. The first-order valence-electron chi connectivity index (χ1n) is 4.55. The van der Waals surface area contributed by atoms with Crippen molar-refractivity contribution in [3.05, 3.63) is 34.1 Å². The summed E-state index contributed by atoms with van der Waals surface area (Å²) in [4.78, 5) is 0. The third-order valence-electron chi connectivity index (χ3n) is 2.09. The summed E-state index contributed by atoms with van der Waals surface area (Å²) in [6, 6.07) is 4.63. The van der Waals surface area contributed by atoms with E-state index in [0.717, 1.165) is 4.47 Å². The first kappa shape index (κ1) is 12.8. The van der Waals surface area contributed by atoms with Gasteiger partial charge in [0, 0.05) is 32.6 Å². The van der Waals surface area contributed by atoms with E-state index >= 15 is 0 Å². The minimum absolute atomic E-state index is 0.108. The number of hydrogen-bond acceptors (Lipinski definition) is 2. The lowest BCUT2D eigenvalue weighted by Crippen LogP contribution is -2.23. The molecule has 0 saturated carbocycles. The van der Waals surface area contributed by atoms with Gasteiger partial charge in [-0.3, -0.25) is 4.21 Å². The Hall–Kier alpha value is -0.260. The van der Waals surface area contributed by atoms with Gasteiger partial charge in [0.25, 0.3) is 0 Å². The van der Waals surface area contributed by atoms with Gasteiger partial charge < -0.3 is 5.73 Å². The van der Waals surface area contributed by atoms with Gasteiger partial charge in [-0.15, -0.1) is 0 Å². The van der Waals surface area contributed by atoms with E-state index in [1.54, 1.807) is 19.1 Å². The van der Waals surface area contributed by atoms with Crippen molar-refractivity contribution in [2.75, 3.05) is 6.54 Å². The van der Waals surface area contributed by atoms with E-state index in [2.05, 4.69) is 15.9 Å². The highest BCUT2D eigenvalue weighted by Gasteiger charge is 2.12. The molecule has 2 N–H and O–H groups in total. The lowest BCUT2D eigenvalue weighted by Gasteiger charge is -2.09. The summed E-state index contributed by atoms with van der Waals surface area (Å²) in [5.41, 5.74) is 5.86. The Balaban J connectivity index is 2.80. The molecule has 0 aromatic heterocycles. The second-order valence-corrected chi connectivity index (χ2v) is 6.08. The van der Waals surface area contributed by atoms with Gasteiger partial charge in [-0.1, -0.05) is 15.9 Å². The number of halogens is 2. The molecule has 2 nitrogen and oxygen atoms in total. The van der Waals surface area contributed by atoms with Crippen LogP contribution in [0, 0.1) is 5.82 Å². The van der Waals surface area contributed by atoms with Crippen LogP contribution in [0.5, 0.6) is 0 Å². The predicted octanol–water partition coefficient (Wildman–Crippen LogP) is 2.18. The minimum Gasteiger partial charge on any atom is -0.329 e. The van der Waals surface area contributed by atoms with Crippen LogP contribution in [0.15, 0.2) is 22.7 Å². The fraction of sp³-hybridized carbons (Fsp3) is 0.400. The topological polar surface area (TPSA) is 43.1 Å². The van der Waals surface area contributed by atoms with Crippen LogP contribution in [0.1, 0.15) is 12.5 Å². The second-order valence-electron chi connectivity index (χ2n) is 3.31. The van der Waals surface area contributed by atoms with Crippen molar-refractivity contribution in [2.45, 2.75) is 17.9 Å². The van der Waals surface area contributed by atoms with Crippen molar-refractivity contribution < 1.29 is 8.60 Å². The Morgan fingerprint density at radius 3 is 2.87 bits per heavy atom. The van der Waals surface area contributed by atoms with Gasteiger partial charge in [0.2, 0.25) is 0 Å². The first-order valence-corrected chi connectivity index (χ1v) is 6.73. The molecule has 2 unspecified atom stereocenters. The molecular weight excluding hydrogens is 281 g/mol. The van der Waals surface area contributed by atoms with Crippen LogP contribution in [-0.4, -0.2) is 16.0 Å². The lowest BCUT2D eigenvalue weighted by molar-refractivity contribution is 0.614. The van der Waals surface area contributed by atoms with Crippen molar-refractivity contribution in [1.29, 1.82) is 0 Å². The molecule has 0 saturated heterocycles. The largest absolute Gasteiger partial charge is 0.329 e.